The van der Waals surface area contributed by atoms with Crippen molar-refractivity contribution in [2.75, 3.05) is 33.4 Å². The molecule has 1 N–H and O–H groups in total. The maximum Gasteiger partial charge on any atom is 0.269 e. The van der Waals surface area contributed by atoms with E-state index in [2.05, 4.69) is 15.2 Å². The lowest BCUT2D eigenvalue weighted by atomic mass is 10.1. The lowest BCUT2D eigenvalue weighted by Gasteiger charge is -2.21. The van der Waals surface area contributed by atoms with Crippen LogP contribution >= 0.6 is 24.0 Å². The molecule has 1 saturated heterocycles. The van der Waals surface area contributed by atoms with E-state index in [0.717, 1.165) is 44.2 Å². The molecule has 134 valence electrons. The van der Waals surface area contributed by atoms with Gasteiger partial charge in [0, 0.05) is 44.8 Å². The van der Waals surface area contributed by atoms with Gasteiger partial charge in [0.25, 0.3) is 5.69 Å². The van der Waals surface area contributed by atoms with Gasteiger partial charge in [-0.1, -0.05) is 12.1 Å². The van der Waals surface area contributed by atoms with Gasteiger partial charge >= 0.3 is 0 Å². The number of nitrogens with one attached hydrogen (secondary N) is 1. The van der Waals surface area contributed by atoms with Gasteiger partial charge in [-0.3, -0.25) is 10.1 Å². The Morgan fingerprint density at radius 1 is 1.54 bits per heavy atom. The maximum absolute atomic E-state index is 10.8. The molecular formula is C16H25IN4O3. The number of nitro benzene ring substituents is 1. The average Bonchev–Trinajstić information content (AvgIpc) is 3.00. The summed E-state index contributed by atoms with van der Waals surface area (Å²) in [4.78, 5) is 17.3. The Morgan fingerprint density at radius 2 is 2.33 bits per heavy atom. The Balaban J connectivity index is 0.00000288. The monoisotopic (exact) mass is 448 g/mol. The van der Waals surface area contributed by atoms with Crippen molar-refractivity contribution in [3.05, 3.63) is 39.9 Å². The van der Waals surface area contributed by atoms with Crippen molar-refractivity contribution in [2.24, 2.45) is 10.9 Å². The van der Waals surface area contributed by atoms with E-state index in [4.69, 9.17) is 4.74 Å². The molecule has 1 aromatic carbocycles. The van der Waals surface area contributed by atoms with E-state index in [9.17, 15) is 10.1 Å². The number of benzene rings is 1. The molecule has 1 aliphatic heterocycles. The van der Waals surface area contributed by atoms with Crippen LogP contribution in [0.25, 0.3) is 0 Å². The molecule has 7 nitrogen and oxygen atoms in total. The van der Waals surface area contributed by atoms with Crippen LogP contribution in [0.2, 0.25) is 0 Å². The first kappa shape index (κ1) is 20.6. The summed E-state index contributed by atoms with van der Waals surface area (Å²) in [5, 5.41) is 14.1. The molecule has 0 spiro atoms. The van der Waals surface area contributed by atoms with Crippen molar-refractivity contribution in [3.63, 3.8) is 0 Å². The third-order valence-electron chi connectivity index (χ3n) is 3.86. The van der Waals surface area contributed by atoms with E-state index in [0.29, 0.717) is 12.5 Å². The fraction of sp³-hybridized carbons (Fsp3) is 0.562. The normalized spacial score (nSPS) is 17.5. The number of likely N-dealkylation sites (tertiary alicyclic amines) is 1. The minimum absolute atomic E-state index is 0. The lowest BCUT2D eigenvalue weighted by molar-refractivity contribution is -0.384. The second-order valence-corrected chi connectivity index (χ2v) is 5.65. The number of hydrogen-bond donors (Lipinski definition) is 1. The number of non-ortho nitro benzene ring substituents is 1. The molecule has 1 aromatic rings. The first-order valence-electron chi connectivity index (χ1n) is 7.89. The van der Waals surface area contributed by atoms with Crippen molar-refractivity contribution in [2.45, 2.75) is 19.9 Å². The molecule has 0 radical (unpaired) electrons. The third kappa shape index (κ3) is 5.90. The predicted molar refractivity (Wildman–Crippen MR) is 105 cm³/mol. The summed E-state index contributed by atoms with van der Waals surface area (Å²) >= 11 is 0. The van der Waals surface area contributed by atoms with E-state index >= 15 is 0 Å². The Kier molecular flexibility index (Phi) is 8.98. The van der Waals surface area contributed by atoms with Crippen molar-refractivity contribution >= 4 is 35.6 Å². The molecule has 0 aliphatic carbocycles. The number of aliphatic imine (C=N–C) groups is 1. The summed E-state index contributed by atoms with van der Waals surface area (Å²) < 4.78 is 5.23. The molecule has 1 heterocycles. The Labute approximate surface area is 159 Å². The topological polar surface area (TPSA) is 80.0 Å². The minimum Gasteiger partial charge on any atom is -0.384 e. The van der Waals surface area contributed by atoms with Crippen molar-refractivity contribution in [1.82, 2.24) is 10.2 Å². The first-order valence-corrected chi connectivity index (χ1v) is 7.89. The van der Waals surface area contributed by atoms with Crippen LogP contribution in [0.4, 0.5) is 5.69 Å². The number of halogens is 1. The van der Waals surface area contributed by atoms with Gasteiger partial charge in [-0.05, 0) is 18.9 Å². The van der Waals surface area contributed by atoms with Crippen LogP contribution < -0.4 is 5.32 Å². The summed E-state index contributed by atoms with van der Waals surface area (Å²) in [5.74, 6) is 1.39. The quantitative estimate of drug-likeness (QED) is 0.238. The number of nitro groups is 1. The van der Waals surface area contributed by atoms with E-state index in [1.54, 1.807) is 19.2 Å². The van der Waals surface area contributed by atoms with Gasteiger partial charge in [0.15, 0.2) is 5.96 Å². The highest BCUT2D eigenvalue weighted by Gasteiger charge is 2.24. The van der Waals surface area contributed by atoms with Gasteiger partial charge in [0.1, 0.15) is 0 Å². The maximum atomic E-state index is 10.8. The van der Waals surface area contributed by atoms with Gasteiger partial charge in [0.2, 0.25) is 0 Å². The average molecular weight is 448 g/mol. The number of hydrogen-bond acceptors (Lipinski definition) is 4. The zero-order valence-corrected chi connectivity index (χ0v) is 16.4. The van der Waals surface area contributed by atoms with Gasteiger partial charge in [-0.25, -0.2) is 4.99 Å². The Hall–Kier alpha value is -1.42. The summed E-state index contributed by atoms with van der Waals surface area (Å²) in [5.41, 5.74) is 0.936. The highest BCUT2D eigenvalue weighted by Crippen LogP contribution is 2.17. The zero-order valence-electron chi connectivity index (χ0n) is 14.1. The van der Waals surface area contributed by atoms with Crippen molar-refractivity contribution < 1.29 is 9.66 Å². The Morgan fingerprint density at radius 3 is 3.00 bits per heavy atom. The van der Waals surface area contributed by atoms with Crippen LogP contribution in [0.3, 0.4) is 0 Å². The van der Waals surface area contributed by atoms with Crippen molar-refractivity contribution in [3.8, 4) is 0 Å². The molecular weight excluding hydrogens is 423 g/mol. The first-order chi connectivity index (χ1) is 11.1. The fourth-order valence-corrected chi connectivity index (χ4v) is 2.76. The molecule has 0 saturated carbocycles. The molecule has 0 bridgehead atoms. The fourth-order valence-electron chi connectivity index (χ4n) is 2.76. The largest absolute Gasteiger partial charge is 0.384 e. The van der Waals surface area contributed by atoms with E-state index in [1.807, 2.05) is 13.0 Å². The van der Waals surface area contributed by atoms with Crippen LogP contribution in [0.15, 0.2) is 29.3 Å². The van der Waals surface area contributed by atoms with Crippen LogP contribution in [-0.2, 0) is 11.3 Å². The molecule has 1 aliphatic rings. The summed E-state index contributed by atoms with van der Waals surface area (Å²) in [6, 6.07) is 6.62. The molecule has 0 amide bonds. The molecule has 1 unspecified atom stereocenters. The standard InChI is InChI=1S/C16H24N4O3.HI/c1-3-17-16(19-8-7-14(11-19)12-23-2)18-10-13-5-4-6-15(9-13)20(21)22;/h4-6,9,14H,3,7-8,10-12H2,1-2H3,(H,17,18);1H. The van der Waals surface area contributed by atoms with Crippen molar-refractivity contribution in [1.29, 1.82) is 0 Å². The minimum atomic E-state index is -0.381. The highest BCUT2D eigenvalue weighted by molar-refractivity contribution is 14.0. The molecule has 1 fully saturated rings. The van der Waals surface area contributed by atoms with Crippen LogP contribution in [0.5, 0.6) is 0 Å². The van der Waals surface area contributed by atoms with E-state index < -0.39 is 0 Å². The SMILES string of the molecule is CCNC(=NCc1cccc([N+](=O)[O-])c1)N1CCC(COC)C1.I. The molecule has 8 heteroatoms. The third-order valence-corrected chi connectivity index (χ3v) is 3.86. The van der Waals surface area contributed by atoms with Gasteiger partial charge in [-0.15, -0.1) is 24.0 Å². The zero-order chi connectivity index (χ0) is 16.7. The Bertz CT molecular complexity index is 568. The van der Waals surface area contributed by atoms with Crippen LogP contribution in [0, 0.1) is 16.0 Å². The second-order valence-electron chi connectivity index (χ2n) is 5.65. The molecule has 24 heavy (non-hydrogen) atoms. The molecule has 1 atom stereocenters. The molecule has 2 rings (SSSR count). The molecule has 0 aromatic heterocycles. The van der Waals surface area contributed by atoms with E-state index in [-0.39, 0.29) is 34.6 Å². The highest BCUT2D eigenvalue weighted by atomic mass is 127. The van der Waals surface area contributed by atoms with Crippen LogP contribution in [0.1, 0.15) is 18.9 Å². The lowest BCUT2D eigenvalue weighted by Crippen LogP contribution is -2.40. The van der Waals surface area contributed by atoms with Gasteiger partial charge in [0.05, 0.1) is 18.1 Å². The summed E-state index contributed by atoms with van der Waals surface area (Å²) in [6.45, 7) is 5.89. The number of ether oxygens (including phenoxy) is 1. The van der Waals surface area contributed by atoms with Gasteiger partial charge < -0.3 is 15.0 Å². The summed E-state index contributed by atoms with van der Waals surface area (Å²) in [6.07, 6.45) is 1.09. The number of methoxy groups -OCH3 is 1. The summed E-state index contributed by atoms with van der Waals surface area (Å²) in [7, 11) is 1.73. The number of guanidine groups is 1. The van der Waals surface area contributed by atoms with Crippen LogP contribution in [-0.4, -0.2) is 49.1 Å². The predicted octanol–water partition coefficient (Wildman–Crippen LogP) is 2.65. The van der Waals surface area contributed by atoms with Gasteiger partial charge in [-0.2, -0.15) is 0 Å². The van der Waals surface area contributed by atoms with E-state index in [1.165, 1.54) is 6.07 Å². The second kappa shape index (κ2) is 10.4. The number of nitrogens with zero attached hydrogens (tertiary/aromatic N) is 3. The number of rotatable bonds is 6. The smallest absolute Gasteiger partial charge is 0.269 e.